The van der Waals surface area contributed by atoms with Gasteiger partial charge in [0.05, 0.1) is 11.6 Å². The highest BCUT2D eigenvalue weighted by Crippen LogP contribution is 2.41. The standard InChI is InChI=1S/C26H24N2O3/c1-16(2)18-11-13-19(14-12-18)23-22(24(29)20-9-7-17(3)8-10-20)25(30)26(31)28(23)21-6-4-5-15-27-21/h4-16,23,29H,1-3H3/t23-/m0/s1. The Hall–Kier alpha value is -3.73. The van der Waals surface area contributed by atoms with Crippen molar-refractivity contribution in [3.63, 3.8) is 0 Å². The van der Waals surface area contributed by atoms with Gasteiger partial charge in [-0.2, -0.15) is 0 Å². The maximum Gasteiger partial charge on any atom is 0.301 e. The minimum Gasteiger partial charge on any atom is -0.507 e. The Labute approximate surface area is 181 Å². The molecule has 0 saturated carbocycles. The van der Waals surface area contributed by atoms with E-state index < -0.39 is 17.7 Å². The van der Waals surface area contributed by atoms with E-state index in [4.69, 9.17) is 0 Å². The monoisotopic (exact) mass is 412 g/mol. The number of carbonyl (C=O) groups excluding carboxylic acids is 2. The summed E-state index contributed by atoms with van der Waals surface area (Å²) in [6.07, 6.45) is 1.58. The lowest BCUT2D eigenvalue weighted by atomic mass is 9.93. The van der Waals surface area contributed by atoms with E-state index in [1.54, 1.807) is 36.5 Å². The summed E-state index contributed by atoms with van der Waals surface area (Å²) in [6, 6.07) is 19.4. The fourth-order valence-corrected chi connectivity index (χ4v) is 3.81. The quantitative estimate of drug-likeness (QED) is 0.366. The topological polar surface area (TPSA) is 70.5 Å². The molecule has 4 rings (SSSR count). The Bertz CT molecular complexity index is 1150. The van der Waals surface area contributed by atoms with Gasteiger partial charge in [0.1, 0.15) is 11.6 Å². The average Bonchev–Trinajstić information content (AvgIpc) is 3.05. The number of benzene rings is 2. The first-order chi connectivity index (χ1) is 14.9. The third kappa shape index (κ3) is 3.75. The minimum absolute atomic E-state index is 0.0665. The van der Waals surface area contributed by atoms with Gasteiger partial charge in [0.25, 0.3) is 5.78 Å². The summed E-state index contributed by atoms with van der Waals surface area (Å²) in [5, 5.41) is 11.1. The molecule has 0 bridgehead atoms. The van der Waals surface area contributed by atoms with E-state index in [9.17, 15) is 14.7 Å². The van der Waals surface area contributed by atoms with Crippen LogP contribution in [0.25, 0.3) is 5.76 Å². The highest BCUT2D eigenvalue weighted by atomic mass is 16.3. The number of amides is 1. The van der Waals surface area contributed by atoms with Crippen LogP contribution in [-0.2, 0) is 9.59 Å². The molecule has 3 aromatic rings. The fraction of sp³-hybridized carbons (Fsp3) is 0.192. The maximum absolute atomic E-state index is 13.1. The first-order valence-corrected chi connectivity index (χ1v) is 10.3. The van der Waals surface area contributed by atoms with E-state index in [1.165, 1.54) is 4.90 Å². The SMILES string of the molecule is Cc1ccc(C(O)=C2C(=O)C(=O)N(c3ccccn3)[C@H]2c2ccc(C(C)C)cc2)cc1. The van der Waals surface area contributed by atoms with Crippen LogP contribution in [0.15, 0.2) is 78.5 Å². The number of aliphatic hydroxyl groups excluding tert-OH is 1. The first-order valence-electron chi connectivity index (χ1n) is 10.3. The third-order valence-electron chi connectivity index (χ3n) is 5.58. The zero-order chi connectivity index (χ0) is 22.1. The van der Waals surface area contributed by atoms with Gasteiger partial charge in [-0.05, 0) is 36.1 Å². The molecule has 1 aromatic heterocycles. The molecule has 0 spiro atoms. The molecule has 2 heterocycles. The second-order valence-electron chi connectivity index (χ2n) is 8.04. The summed E-state index contributed by atoms with van der Waals surface area (Å²) in [6.45, 7) is 6.15. The number of rotatable bonds is 4. The van der Waals surface area contributed by atoms with Crippen LogP contribution in [0.4, 0.5) is 5.82 Å². The van der Waals surface area contributed by atoms with Crippen molar-refractivity contribution >= 4 is 23.3 Å². The predicted molar refractivity (Wildman–Crippen MR) is 121 cm³/mol. The lowest BCUT2D eigenvalue weighted by Crippen LogP contribution is -2.30. The van der Waals surface area contributed by atoms with Gasteiger partial charge in [0.2, 0.25) is 0 Å². The molecule has 2 aromatic carbocycles. The van der Waals surface area contributed by atoms with E-state index >= 15 is 0 Å². The summed E-state index contributed by atoms with van der Waals surface area (Å²) in [5.41, 5.74) is 3.48. The van der Waals surface area contributed by atoms with Gasteiger partial charge in [-0.15, -0.1) is 0 Å². The van der Waals surface area contributed by atoms with Gasteiger partial charge in [-0.25, -0.2) is 4.98 Å². The highest BCUT2D eigenvalue weighted by Gasteiger charge is 2.47. The highest BCUT2D eigenvalue weighted by molar-refractivity contribution is 6.51. The number of aromatic nitrogens is 1. The van der Waals surface area contributed by atoms with E-state index in [-0.39, 0.29) is 11.3 Å². The second-order valence-corrected chi connectivity index (χ2v) is 8.04. The zero-order valence-electron chi connectivity index (χ0n) is 17.7. The molecule has 1 atom stereocenters. The summed E-state index contributed by atoms with van der Waals surface area (Å²) in [4.78, 5) is 31.8. The Morgan fingerprint density at radius 3 is 2.23 bits per heavy atom. The average molecular weight is 412 g/mol. The largest absolute Gasteiger partial charge is 0.507 e. The van der Waals surface area contributed by atoms with Crippen LogP contribution in [0, 0.1) is 6.92 Å². The zero-order valence-corrected chi connectivity index (χ0v) is 17.7. The van der Waals surface area contributed by atoms with Crippen LogP contribution in [0.1, 0.15) is 48.1 Å². The number of Topliss-reactive ketones (excluding diaryl/α,β-unsaturated/α-hetero) is 1. The molecule has 5 nitrogen and oxygen atoms in total. The van der Waals surface area contributed by atoms with Crippen molar-refractivity contribution < 1.29 is 14.7 Å². The number of aliphatic hydroxyl groups is 1. The number of anilines is 1. The van der Waals surface area contributed by atoms with Crippen molar-refractivity contribution in [1.82, 2.24) is 4.98 Å². The van der Waals surface area contributed by atoms with Gasteiger partial charge in [-0.1, -0.05) is 74.0 Å². The lowest BCUT2D eigenvalue weighted by molar-refractivity contribution is -0.132. The van der Waals surface area contributed by atoms with Crippen LogP contribution in [0.2, 0.25) is 0 Å². The van der Waals surface area contributed by atoms with Gasteiger partial charge in [-0.3, -0.25) is 14.5 Å². The smallest absolute Gasteiger partial charge is 0.301 e. The lowest BCUT2D eigenvalue weighted by Gasteiger charge is -2.24. The third-order valence-corrected chi connectivity index (χ3v) is 5.58. The molecule has 5 heteroatoms. The van der Waals surface area contributed by atoms with Crippen molar-refractivity contribution in [3.8, 4) is 0 Å². The maximum atomic E-state index is 13.1. The van der Waals surface area contributed by atoms with Crippen molar-refractivity contribution in [2.24, 2.45) is 0 Å². The van der Waals surface area contributed by atoms with Crippen LogP contribution in [-0.4, -0.2) is 21.8 Å². The Balaban J connectivity index is 1.91. The normalized spacial score (nSPS) is 18.1. The van der Waals surface area contributed by atoms with Crippen LogP contribution in [0.3, 0.4) is 0 Å². The Kier molecular flexibility index (Phi) is 5.42. The molecule has 1 aliphatic rings. The second kappa shape index (κ2) is 8.19. The van der Waals surface area contributed by atoms with E-state index in [0.717, 1.165) is 16.7 Å². The molecule has 0 radical (unpaired) electrons. The number of carbonyl (C=O) groups is 2. The van der Waals surface area contributed by atoms with Gasteiger partial charge in [0, 0.05) is 11.8 Å². The van der Waals surface area contributed by atoms with Crippen molar-refractivity contribution in [2.75, 3.05) is 4.90 Å². The van der Waals surface area contributed by atoms with E-state index in [0.29, 0.717) is 17.3 Å². The molecular formula is C26H24N2O3. The van der Waals surface area contributed by atoms with Crippen LogP contribution >= 0.6 is 0 Å². The van der Waals surface area contributed by atoms with Crippen molar-refractivity contribution in [2.45, 2.75) is 32.7 Å². The number of pyridine rings is 1. The number of aryl methyl sites for hydroxylation is 1. The van der Waals surface area contributed by atoms with Crippen LogP contribution < -0.4 is 4.90 Å². The Morgan fingerprint density at radius 2 is 1.65 bits per heavy atom. The summed E-state index contributed by atoms with van der Waals surface area (Å²) >= 11 is 0. The van der Waals surface area contributed by atoms with E-state index in [1.807, 2.05) is 43.3 Å². The molecule has 0 aliphatic carbocycles. The summed E-state index contributed by atoms with van der Waals surface area (Å²) in [7, 11) is 0. The summed E-state index contributed by atoms with van der Waals surface area (Å²) in [5.74, 6) is -0.893. The van der Waals surface area contributed by atoms with Gasteiger partial charge >= 0.3 is 5.91 Å². The first kappa shape index (κ1) is 20.5. The molecule has 1 aliphatic heterocycles. The van der Waals surface area contributed by atoms with Gasteiger partial charge in [0.15, 0.2) is 0 Å². The number of hydrogen-bond donors (Lipinski definition) is 1. The molecule has 31 heavy (non-hydrogen) atoms. The minimum atomic E-state index is -0.766. The van der Waals surface area contributed by atoms with Crippen molar-refractivity contribution in [3.05, 3.63) is 101 Å². The van der Waals surface area contributed by atoms with Crippen molar-refractivity contribution in [1.29, 1.82) is 0 Å². The molecule has 1 saturated heterocycles. The summed E-state index contributed by atoms with van der Waals surface area (Å²) < 4.78 is 0. The van der Waals surface area contributed by atoms with Gasteiger partial charge < -0.3 is 5.11 Å². The fourth-order valence-electron chi connectivity index (χ4n) is 3.81. The van der Waals surface area contributed by atoms with Crippen LogP contribution in [0.5, 0.6) is 0 Å². The predicted octanol–water partition coefficient (Wildman–Crippen LogP) is 5.14. The number of ketones is 1. The molecular weight excluding hydrogens is 388 g/mol. The Morgan fingerprint density at radius 1 is 0.968 bits per heavy atom. The molecule has 1 N–H and O–H groups in total. The number of hydrogen-bond acceptors (Lipinski definition) is 4. The number of nitrogens with zero attached hydrogens (tertiary/aromatic N) is 2. The molecule has 156 valence electrons. The molecule has 1 fully saturated rings. The molecule has 1 amide bonds. The van der Waals surface area contributed by atoms with E-state index in [2.05, 4.69) is 18.8 Å². The molecule has 0 unspecified atom stereocenters.